The van der Waals surface area contributed by atoms with Crippen molar-refractivity contribution < 1.29 is 17.3 Å². The molecule has 0 saturated heterocycles. The molecule has 3 rings (SSSR count). The van der Waals surface area contributed by atoms with Crippen molar-refractivity contribution in [1.29, 1.82) is 0 Å². The van der Waals surface area contributed by atoms with Crippen LogP contribution in [0.3, 0.4) is 0 Å². The summed E-state index contributed by atoms with van der Waals surface area (Å²) in [6, 6.07) is 15.0. The van der Waals surface area contributed by atoms with Crippen LogP contribution in [-0.2, 0) is 10.1 Å². The van der Waals surface area contributed by atoms with Crippen LogP contribution >= 0.6 is 23.2 Å². The van der Waals surface area contributed by atoms with Gasteiger partial charge in [0.05, 0.1) is 17.2 Å². The maximum Gasteiger partial charge on any atom is 0.340 e. The molecule has 0 radical (unpaired) electrons. The van der Waals surface area contributed by atoms with E-state index in [0.29, 0.717) is 5.39 Å². The molecule has 0 bridgehead atoms. The summed E-state index contributed by atoms with van der Waals surface area (Å²) in [5, 5.41) is 1.64. The number of ether oxygens (including phenoxy) is 1. The van der Waals surface area contributed by atoms with Gasteiger partial charge in [-0.25, -0.2) is 0 Å². The molecule has 0 heterocycles. The first kappa shape index (κ1) is 16.9. The number of methoxy groups -OCH3 is 1. The maximum atomic E-state index is 12.6. The minimum atomic E-state index is -4.15. The zero-order valence-corrected chi connectivity index (χ0v) is 14.8. The van der Waals surface area contributed by atoms with Crippen molar-refractivity contribution in [2.45, 2.75) is 4.90 Å². The number of hydrogen-bond donors (Lipinski definition) is 0. The van der Waals surface area contributed by atoms with Crippen LogP contribution in [0.1, 0.15) is 0 Å². The lowest BCUT2D eigenvalue weighted by Gasteiger charge is -2.12. The van der Waals surface area contributed by atoms with Crippen LogP contribution < -0.4 is 8.92 Å². The van der Waals surface area contributed by atoms with Crippen molar-refractivity contribution in [3.63, 3.8) is 0 Å². The van der Waals surface area contributed by atoms with Crippen LogP contribution in [0.5, 0.6) is 11.5 Å². The Kier molecular flexibility index (Phi) is 4.58. The average molecular weight is 383 g/mol. The monoisotopic (exact) mass is 382 g/mol. The van der Waals surface area contributed by atoms with E-state index in [-0.39, 0.29) is 26.4 Å². The van der Waals surface area contributed by atoms with Gasteiger partial charge in [0.1, 0.15) is 10.6 Å². The van der Waals surface area contributed by atoms with Crippen molar-refractivity contribution >= 4 is 44.1 Å². The predicted octanol–water partition coefficient (Wildman–Crippen LogP) is 4.92. The van der Waals surface area contributed by atoms with E-state index in [2.05, 4.69) is 0 Å². The van der Waals surface area contributed by atoms with Gasteiger partial charge in [-0.3, -0.25) is 0 Å². The average Bonchev–Trinajstić information content (AvgIpc) is 2.56. The molecular weight excluding hydrogens is 371 g/mol. The van der Waals surface area contributed by atoms with Gasteiger partial charge in [-0.05, 0) is 17.5 Å². The van der Waals surface area contributed by atoms with Crippen molar-refractivity contribution in [1.82, 2.24) is 0 Å². The maximum absolute atomic E-state index is 12.6. The summed E-state index contributed by atoms with van der Waals surface area (Å²) in [5.74, 6) is 0.502. The van der Waals surface area contributed by atoms with E-state index in [0.717, 1.165) is 5.39 Å². The molecule has 0 amide bonds. The Morgan fingerprint density at radius 1 is 0.875 bits per heavy atom. The van der Waals surface area contributed by atoms with Gasteiger partial charge in [0.15, 0.2) is 5.75 Å². The summed E-state index contributed by atoms with van der Waals surface area (Å²) in [6.07, 6.45) is 0. The van der Waals surface area contributed by atoms with Crippen LogP contribution in [-0.4, -0.2) is 15.5 Å². The molecule has 0 atom stereocenters. The zero-order valence-electron chi connectivity index (χ0n) is 12.5. The fraction of sp³-hybridized carbons (Fsp3) is 0.0588. The molecule has 4 nitrogen and oxygen atoms in total. The smallest absolute Gasteiger partial charge is 0.340 e. The van der Waals surface area contributed by atoms with Crippen LogP contribution in [0.25, 0.3) is 10.8 Å². The highest BCUT2D eigenvalue weighted by molar-refractivity contribution is 7.87. The van der Waals surface area contributed by atoms with Crippen molar-refractivity contribution in [3.8, 4) is 11.5 Å². The van der Waals surface area contributed by atoms with Crippen LogP contribution in [0, 0.1) is 0 Å². The number of rotatable bonds is 4. The number of halogens is 2. The molecule has 7 heteroatoms. The molecule has 0 saturated carbocycles. The standard InChI is InChI=1S/C17H12Cl2O4S/c1-22-16-9-14(19)17(10-13(16)18)24(20,21)23-15-8-4-6-11-5-2-3-7-12(11)15/h2-10H,1H3. The zero-order chi connectivity index (χ0) is 17.3. The molecule has 0 aromatic heterocycles. The summed E-state index contributed by atoms with van der Waals surface area (Å²) in [5.41, 5.74) is 0. The summed E-state index contributed by atoms with van der Waals surface area (Å²) in [4.78, 5) is -0.220. The lowest BCUT2D eigenvalue weighted by Crippen LogP contribution is -2.11. The van der Waals surface area contributed by atoms with Gasteiger partial charge in [0.2, 0.25) is 0 Å². The van der Waals surface area contributed by atoms with E-state index >= 15 is 0 Å². The van der Waals surface area contributed by atoms with Gasteiger partial charge in [-0.1, -0.05) is 59.6 Å². The number of benzene rings is 3. The summed E-state index contributed by atoms with van der Waals surface area (Å²) in [7, 11) is -2.74. The predicted molar refractivity (Wildman–Crippen MR) is 94.8 cm³/mol. The normalized spacial score (nSPS) is 11.5. The van der Waals surface area contributed by atoms with E-state index in [4.69, 9.17) is 32.1 Å². The van der Waals surface area contributed by atoms with E-state index in [1.54, 1.807) is 24.3 Å². The molecule has 0 spiro atoms. The third-order valence-electron chi connectivity index (χ3n) is 3.42. The van der Waals surface area contributed by atoms with Crippen LogP contribution in [0.2, 0.25) is 10.0 Å². The van der Waals surface area contributed by atoms with Gasteiger partial charge < -0.3 is 8.92 Å². The first-order chi connectivity index (χ1) is 11.4. The van der Waals surface area contributed by atoms with Crippen LogP contribution in [0.15, 0.2) is 59.5 Å². The van der Waals surface area contributed by atoms with Crippen molar-refractivity contribution in [3.05, 3.63) is 64.6 Å². The molecule has 24 heavy (non-hydrogen) atoms. The highest BCUT2D eigenvalue weighted by atomic mass is 35.5. The first-order valence-electron chi connectivity index (χ1n) is 6.87. The Morgan fingerprint density at radius 3 is 2.33 bits per heavy atom. The molecule has 0 N–H and O–H groups in total. The second kappa shape index (κ2) is 6.51. The van der Waals surface area contributed by atoms with Gasteiger partial charge in [-0.15, -0.1) is 0 Å². The first-order valence-corrected chi connectivity index (χ1v) is 9.04. The lowest BCUT2D eigenvalue weighted by atomic mass is 10.1. The Hall–Kier alpha value is -1.95. The quantitative estimate of drug-likeness (QED) is 0.600. The van der Waals surface area contributed by atoms with E-state index in [1.165, 1.54) is 19.2 Å². The Morgan fingerprint density at radius 2 is 1.58 bits per heavy atom. The van der Waals surface area contributed by atoms with Crippen LogP contribution in [0.4, 0.5) is 0 Å². The summed E-state index contributed by atoms with van der Waals surface area (Å²) < 4.78 is 35.5. The largest absolute Gasteiger partial charge is 0.495 e. The van der Waals surface area contributed by atoms with Gasteiger partial charge >= 0.3 is 10.1 Å². The number of hydrogen-bond acceptors (Lipinski definition) is 4. The van der Waals surface area contributed by atoms with Crippen molar-refractivity contribution in [2.24, 2.45) is 0 Å². The Labute approximate surface area is 149 Å². The second-order valence-electron chi connectivity index (χ2n) is 4.93. The topological polar surface area (TPSA) is 52.6 Å². The molecule has 0 fully saturated rings. The molecule has 0 aliphatic heterocycles. The highest BCUT2D eigenvalue weighted by Gasteiger charge is 2.23. The fourth-order valence-corrected chi connectivity index (χ4v) is 4.06. The van der Waals surface area contributed by atoms with E-state index in [1.807, 2.05) is 18.2 Å². The summed E-state index contributed by atoms with van der Waals surface area (Å²) in [6.45, 7) is 0. The summed E-state index contributed by atoms with van der Waals surface area (Å²) >= 11 is 12.1. The molecule has 0 unspecified atom stereocenters. The lowest BCUT2D eigenvalue weighted by molar-refractivity contribution is 0.414. The fourth-order valence-electron chi connectivity index (χ4n) is 2.29. The Balaban J connectivity index is 2.07. The third-order valence-corrected chi connectivity index (χ3v) is 5.42. The molecule has 0 aliphatic carbocycles. The van der Waals surface area contributed by atoms with E-state index in [9.17, 15) is 8.42 Å². The molecule has 3 aromatic carbocycles. The highest BCUT2D eigenvalue weighted by Crippen LogP contribution is 2.35. The van der Waals surface area contributed by atoms with Gasteiger partial charge in [-0.2, -0.15) is 8.42 Å². The van der Waals surface area contributed by atoms with Crippen molar-refractivity contribution in [2.75, 3.05) is 7.11 Å². The van der Waals surface area contributed by atoms with Gasteiger partial charge in [0.25, 0.3) is 0 Å². The molecule has 3 aromatic rings. The third kappa shape index (κ3) is 3.15. The molecule has 0 aliphatic rings. The van der Waals surface area contributed by atoms with Gasteiger partial charge in [0, 0.05) is 11.5 Å². The minimum Gasteiger partial charge on any atom is -0.495 e. The SMILES string of the molecule is COc1cc(Cl)c(S(=O)(=O)Oc2cccc3ccccc23)cc1Cl. The molecule has 124 valence electrons. The number of fused-ring (bicyclic) bond motifs is 1. The molecular formula is C17H12Cl2O4S. The Bertz CT molecular complexity index is 1010. The van der Waals surface area contributed by atoms with E-state index < -0.39 is 10.1 Å². The minimum absolute atomic E-state index is 0.0310. The second-order valence-corrected chi connectivity index (χ2v) is 7.26.